The monoisotopic (exact) mass is 274 g/mol. The molecule has 2 aliphatic rings. The molecule has 4 heteroatoms. The molecule has 0 spiro atoms. The third kappa shape index (κ3) is 2.90. The minimum atomic E-state index is -0.247. The predicted molar refractivity (Wildman–Crippen MR) is 75.2 cm³/mol. The minimum absolute atomic E-state index is 0.00387. The molecule has 2 atom stereocenters. The Bertz CT molecular complexity index is 522. The van der Waals surface area contributed by atoms with Crippen molar-refractivity contribution < 1.29 is 9.18 Å². The number of nitrogens with zero attached hydrogens (tertiary/aromatic N) is 1. The fourth-order valence-electron chi connectivity index (χ4n) is 2.68. The SMILES string of the molecule is NC1C=CC(C(=O)N(Cc2ccc(F)cc2)C2CC2)C1. The van der Waals surface area contributed by atoms with Crippen LogP contribution in [0.15, 0.2) is 36.4 Å². The van der Waals surface area contributed by atoms with Crippen LogP contribution in [-0.2, 0) is 11.3 Å². The molecule has 0 bridgehead atoms. The minimum Gasteiger partial charge on any atom is -0.335 e. The molecule has 1 saturated carbocycles. The van der Waals surface area contributed by atoms with Crippen molar-refractivity contribution in [1.29, 1.82) is 0 Å². The highest BCUT2D eigenvalue weighted by Gasteiger charge is 2.36. The molecule has 106 valence electrons. The highest BCUT2D eigenvalue weighted by molar-refractivity contribution is 5.81. The number of nitrogens with two attached hydrogens (primary N) is 1. The molecule has 1 amide bonds. The van der Waals surface area contributed by atoms with Gasteiger partial charge in [0, 0.05) is 18.6 Å². The molecule has 2 N–H and O–H groups in total. The summed E-state index contributed by atoms with van der Waals surface area (Å²) >= 11 is 0. The van der Waals surface area contributed by atoms with E-state index in [-0.39, 0.29) is 23.7 Å². The van der Waals surface area contributed by atoms with Crippen LogP contribution in [0.4, 0.5) is 4.39 Å². The summed E-state index contributed by atoms with van der Waals surface area (Å²) in [5.41, 5.74) is 6.80. The zero-order chi connectivity index (χ0) is 14.1. The fraction of sp³-hybridized carbons (Fsp3) is 0.438. The summed E-state index contributed by atoms with van der Waals surface area (Å²) in [6.45, 7) is 0.559. The first-order valence-corrected chi connectivity index (χ1v) is 7.12. The summed E-state index contributed by atoms with van der Waals surface area (Å²) in [6.07, 6.45) is 6.66. The normalized spacial score (nSPS) is 24.9. The summed E-state index contributed by atoms with van der Waals surface area (Å²) in [7, 11) is 0. The molecular formula is C16H19FN2O. The molecule has 1 aromatic rings. The Hall–Kier alpha value is -1.68. The standard InChI is InChI=1S/C16H19FN2O/c17-13-4-1-11(2-5-13)10-19(15-7-8-15)16(20)12-3-6-14(18)9-12/h1-6,12,14-15H,7-10,18H2. The number of hydrogen-bond donors (Lipinski definition) is 1. The number of rotatable bonds is 4. The van der Waals surface area contributed by atoms with E-state index in [0.29, 0.717) is 19.0 Å². The first kappa shape index (κ1) is 13.3. The van der Waals surface area contributed by atoms with E-state index in [1.165, 1.54) is 12.1 Å². The third-order valence-electron chi connectivity index (χ3n) is 3.97. The van der Waals surface area contributed by atoms with Crippen LogP contribution in [0.1, 0.15) is 24.8 Å². The Balaban J connectivity index is 1.71. The van der Waals surface area contributed by atoms with Crippen LogP contribution in [0, 0.1) is 11.7 Å². The molecule has 2 unspecified atom stereocenters. The van der Waals surface area contributed by atoms with Crippen molar-refractivity contribution in [3.63, 3.8) is 0 Å². The average molecular weight is 274 g/mol. The van der Waals surface area contributed by atoms with E-state index in [1.807, 2.05) is 17.1 Å². The Morgan fingerprint density at radius 2 is 1.95 bits per heavy atom. The van der Waals surface area contributed by atoms with Gasteiger partial charge < -0.3 is 10.6 Å². The molecule has 0 heterocycles. The molecule has 2 aliphatic carbocycles. The smallest absolute Gasteiger partial charge is 0.230 e. The van der Waals surface area contributed by atoms with Crippen LogP contribution in [-0.4, -0.2) is 22.9 Å². The summed E-state index contributed by atoms with van der Waals surface area (Å²) in [5, 5.41) is 0. The molecule has 0 radical (unpaired) electrons. The van der Waals surface area contributed by atoms with E-state index >= 15 is 0 Å². The number of carbonyl (C=O) groups is 1. The molecule has 1 aromatic carbocycles. The van der Waals surface area contributed by atoms with E-state index in [0.717, 1.165) is 18.4 Å². The number of amides is 1. The molecular weight excluding hydrogens is 255 g/mol. The quantitative estimate of drug-likeness (QED) is 0.856. The average Bonchev–Trinajstić information content (AvgIpc) is 3.19. The number of hydrogen-bond acceptors (Lipinski definition) is 2. The van der Waals surface area contributed by atoms with E-state index in [2.05, 4.69) is 0 Å². The first-order chi connectivity index (χ1) is 9.63. The first-order valence-electron chi connectivity index (χ1n) is 7.12. The zero-order valence-electron chi connectivity index (χ0n) is 11.3. The van der Waals surface area contributed by atoms with Crippen molar-refractivity contribution in [2.75, 3.05) is 0 Å². The van der Waals surface area contributed by atoms with Crippen LogP contribution in [0.3, 0.4) is 0 Å². The summed E-state index contributed by atoms with van der Waals surface area (Å²) in [4.78, 5) is 14.5. The molecule has 0 aliphatic heterocycles. The van der Waals surface area contributed by atoms with Gasteiger partial charge in [0.15, 0.2) is 0 Å². The lowest BCUT2D eigenvalue weighted by atomic mass is 10.1. The van der Waals surface area contributed by atoms with Crippen LogP contribution < -0.4 is 5.73 Å². The Kier molecular flexibility index (Phi) is 3.57. The fourth-order valence-corrected chi connectivity index (χ4v) is 2.68. The molecule has 20 heavy (non-hydrogen) atoms. The van der Waals surface area contributed by atoms with Gasteiger partial charge in [0.05, 0.1) is 5.92 Å². The highest BCUT2D eigenvalue weighted by Crippen LogP contribution is 2.31. The molecule has 3 rings (SSSR count). The van der Waals surface area contributed by atoms with Gasteiger partial charge in [0.25, 0.3) is 0 Å². The predicted octanol–water partition coefficient (Wildman–Crippen LogP) is 2.22. The van der Waals surface area contributed by atoms with Gasteiger partial charge >= 0.3 is 0 Å². The molecule has 1 fully saturated rings. The highest BCUT2D eigenvalue weighted by atomic mass is 19.1. The second-order valence-electron chi connectivity index (χ2n) is 5.71. The van der Waals surface area contributed by atoms with Gasteiger partial charge in [0.1, 0.15) is 5.82 Å². The van der Waals surface area contributed by atoms with Gasteiger partial charge in [-0.1, -0.05) is 24.3 Å². The van der Waals surface area contributed by atoms with Crippen molar-refractivity contribution in [3.8, 4) is 0 Å². The zero-order valence-corrected chi connectivity index (χ0v) is 11.3. The second kappa shape index (κ2) is 5.37. The van der Waals surface area contributed by atoms with Gasteiger partial charge in [-0.3, -0.25) is 4.79 Å². The third-order valence-corrected chi connectivity index (χ3v) is 3.97. The van der Waals surface area contributed by atoms with E-state index < -0.39 is 0 Å². The maximum atomic E-state index is 12.9. The maximum Gasteiger partial charge on any atom is 0.230 e. The van der Waals surface area contributed by atoms with Crippen LogP contribution in [0.25, 0.3) is 0 Å². The molecule has 0 saturated heterocycles. The summed E-state index contributed by atoms with van der Waals surface area (Å²) in [6, 6.07) is 6.71. The summed E-state index contributed by atoms with van der Waals surface area (Å²) in [5.74, 6) is -0.185. The van der Waals surface area contributed by atoms with Gasteiger partial charge in [-0.2, -0.15) is 0 Å². The molecule has 0 aromatic heterocycles. The van der Waals surface area contributed by atoms with Gasteiger partial charge in [-0.05, 0) is 37.0 Å². The van der Waals surface area contributed by atoms with Gasteiger partial charge in [-0.15, -0.1) is 0 Å². The Morgan fingerprint density at radius 3 is 2.50 bits per heavy atom. The number of carbonyl (C=O) groups excluding carboxylic acids is 1. The van der Waals surface area contributed by atoms with Crippen LogP contribution in [0.5, 0.6) is 0 Å². The van der Waals surface area contributed by atoms with Crippen molar-refractivity contribution >= 4 is 5.91 Å². The Labute approximate surface area is 118 Å². The topological polar surface area (TPSA) is 46.3 Å². The van der Waals surface area contributed by atoms with Crippen LogP contribution in [0.2, 0.25) is 0 Å². The van der Waals surface area contributed by atoms with Crippen molar-refractivity contribution in [2.45, 2.75) is 37.9 Å². The lowest BCUT2D eigenvalue weighted by Crippen LogP contribution is -2.37. The van der Waals surface area contributed by atoms with E-state index in [1.54, 1.807) is 12.1 Å². The number of benzene rings is 1. The van der Waals surface area contributed by atoms with Crippen molar-refractivity contribution in [1.82, 2.24) is 4.90 Å². The van der Waals surface area contributed by atoms with E-state index in [9.17, 15) is 9.18 Å². The lowest BCUT2D eigenvalue weighted by molar-refractivity contribution is -0.135. The van der Waals surface area contributed by atoms with Crippen molar-refractivity contribution in [2.24, 2.45) is 11.7 Å². The maximum absolute atomic E-state index is 12.9. The number of halogens is 1. The molecule has 3 nitrogen and oxygen atoms in total. The summed E-state index contributed by atoms with van der Waals surface area (Å²) < 4.78 is 12.9. The Morgan fingerprint density at radius 1 is 1.25 bits per heavy atom. The lowest BCUT2D eigenvalue weighted by Gasteiger charge is -2.25. The van der Waals surface area contributed by atoms with Crippen molar-refractivity contribution in [3.05, 3.63) is 47.8 Å². The van der Waals surface area contributed by atoms with Gasteiger partial charge in [-0.25, -0.2) is 4.39 Å². The van der Waals surface area contributed by atoms with E-state index in [4.69, 9.17) is 5.73 Å². The van der Waals surface area contributed by atoms with Gasteiger partial charge in [0.2, 0.25) is 5.91 Å². The largest absolute Gasteiger partial charge is 0.335 e. The second-order valence-corrected chi connectivity index (χ2v) is 5.71. The van der Waals surface area contributed by atoms with Crippen LogP contribution >= 0.6 is 0 Å².